The van der Waals surface area contributed by atoms with E-state index in [1.165, 1.54) is 6.26 Å². The van der Waals surface area contributed by atoms with Gasteiger partial charge in [-0.25, -0.2) is 8.42 Å². The Kier molecular flexibility index (Phi) is 5.35. The highest BCUT2D eigenvalue weighted by Gasteiger charge is 2.08. The Morgan fingerprint density at radius 1 is 1.42 bits per heavy atom. The van der Waals surface area contributed by atoms with Crippen LogP contribution in [0.25, 0.3) is 0 Å². The monoisotopic (exact) mass is 285 g/mol. The molecule has 0 unspecified atom stereocenters. The summed E-state index contributed by atoms with van der Waals surface area (Å²) in [6.45, 7) is 3.91. The highest BCUT2D eigenvalue weighted by atomic mass is 32.2. The fraction of sp³-hybridized carbons (Fsp3) is 0.462. The standard InChI is InChI=1S/C13H19NO4S/c1-10-5-6-12(11(2)14-15)13(9-10)18-7-4-8-19(3,16)17/h5-6,9,15H,4,7-8H2,1-3H3. The molecule has 0 atom stereocenters. The Labute approximate surface area is 113 Å². The molecule has 0 saturated heterocycles. The molecular formula is C13H19NO4S. The van der Waals surface area contributed by atoms with Gasteiger partial charge >= 0.3 is 0 Å². The zero-order valence-electron chi connectivity index (χ0n) is 11.4. The third kappa shape index (κ3) is 5.30. The number of ether oxygens (including phenoxy) is 1. The van der Waals surface area contributed by atoms with Gasteiger partial charge in [0.15, 0.2) is 0 Å². The van der Waals surface area contributed by atoms with Crippen LogP contribution in [0, 0.1) is 6.92 Å². The van der Waals surface area contributed by atoms with Crippen LogP contribution in [0.1, 0.15) is 24.5 Å². The third-order valence-electron chi connectivity index (χ3n) is 2.59. The molecule has 0 amide bonds. The highest BCUT2D eigenvalue weighted by Crippen LogP contribution is 2.21. The van der Waals surface area contributed by atoms with Crippen molar-refractivity contribution in [3.05, 3.63) is 29.3 Å². The van der Waals surface area contributed by atoms with Crippen LogP contribution in [-0.2, 0) is 9.84 Å². The molecule has 0 fully saturated rings. The molecule has 1 N–H and O–H groups in total. The molecule has 0 heterocycles. The Bertz CT molecular complexity index is 564. The fourth-order valence-corrected chi connectivity index (χ4v) is 2.25. The van der Waals surface area contributed by atoms with Gasteiger partial charge in [-0.2, -0.15) is 0 Å². The second kappa shape index (κ2) is 6.56. The first-order valence-electron chi connectivity index (χ1n) is 5.93. The van der Waals surface area contributed by atoms with Gasteiger partial charge in [-0.15, -0.1) is 0 Å². The summed E-state index contributed by atoms with van der Waals surface area (Å²) in [7, 11) is -2.96. The number of sulfone groups is 1. The van der Waals surface area contributed by atoms with Crippen molar-refractivity contribution in [2.24, 2.45) is 5.16 Å². The molecule has 0 spiro atoms. The van der Waals surface area contributed by atoms with Crippen molar-refractivity contribution in [2.75, 3.05) is 18.6 Å². The number of oxime groups is 1. The minimum atomic E-state index is -2.96. The van der Waals surface area contributed by atoms with E-state index < -0.39 is 9.84 Å². The summed E-state index contributed by atoms with van der Waals surface area (Å²) in [5.41, 5.74) is 2.18. The normalized spacial score (nSPS) is 12.5. The van der Waals surface area contributed by atoms with E-state index in [1.807, 2.05) is 25.1 Å². The molecule has 0 aliphatic carbocycles. The van der Waals surface area contributed by atoms with Crippen LogP contribution in [0.15, 0.2) is 23.4 Å². The molecular weight excluding hydrogens is 266 g/mol. The summed E-state index contributed by atoms with van der Waals surface area (Å²) in [6, 6.07) is 5.55. The largest absolute Gasteiger partial charge is 0.493 e. The molecule has 0 aliphatic rings. The molecule has 0 aliphatic heterocycles. The van der Waals surface area contributed by atoms with Gasteiger partial charge in [0.2, 0.25) is 0 Å². The zero-order valence-corrected chi connectivity index (χ0v) is 12.2. The van der Waals surface area contributed by atoms with Crippen molar-refractivity contribution in [2.45, 2.75) is 20.3 Å². The average molecular weight is 285 g/mol. The zero-order chi connectivity index (χ0) is 14.5. The van der Waals surface area contributed by atoms with Gasteiger partial charge in [0.05, 0.1) is 18.1 Å². The molecule has 0 bridgehead atoms. The Hall–Kier alpha value is -1.56. The van der Waals surface area contributed by atoms with Crippen LogP contribution in [-0.4, -0.2) is 38.0 Å². The number of hydrogen-bond acceptors (Lipinski definition) is 5. The first-order chi connectivity index (χ1) is 8.83. The van der Waals surface area contributed by atoms with Crippen LogP contribution in [0.4, 0.5) is 0 Å². The van der Waals surface area contributed by atoms with Gasteiger partial charge in [0.25, 0.3) is 0 Å². The molecule has 0 saturated carbocycles. The third-order valence-corrected chi connectivity index (χ3v) is 3.62. The van der Waals surface area contributed by atoms with Crippen molar-refractivity contribution in [1.82, 2.24) is 0 Å². The topological polar surface area (TPSA) is 76.0 Å². The van der Waals surface area contributed by atoms with Crippen LogP contribution in [0.3, 0.4) is 0 Å². The van der Waals surface area contributed by atoms with E-state index in [1.54, 1.807) is 6.92 Å². The first kappa shape index (κ1) is 15.5. The Morgan fingerprint density at radius 3 is 2.68 bits per heavy atom. The minimum Gasteiger partial charge on any atom is -0.493 e. The molecule has 1 rings (SSSR count). The van der Waals surface area contributed by atoms with Gasteiger partial charge < -0.3 is 9.94 Å². The lowest BCUT2D eigenvalue weighted by Crippen LogP contribution is -2.09. The van der Waals surface area contributed by atoms with Crippen LogP contribution >= 0.6 is 0 Å². The van der Waals surface area contributed by atoms with Crippen LogP contribution < -0.4 is 4.74 Å². The van der Waals surface area contributed by atoms with Gasteiger partial charge in [0.1, 0.15) is 15.6 Å². The minimum absolute atomic E-state index is 0.0984. The quantitative estimate of drug-likeness (QED) is 0.375. The summed E-state index contributed by atoms with van der Waals surface area (Å²) < 4.78 is 27.6. The maximum absolute atomic E-state index is 11.0. The lowest BCUT2D eigenvalue weighted by Gasteiger charge is -2.11. The number of hydrogen-bond donors (Lipinski definition) is 1. The molecule has 1 aromatic carbocycles. The molecule has 0 aromatic heterocycles. The van der Waals surface area contributed by atoms with Gasteiger partial charge in [0, 0.05) is 11.8 Å². The van der Waals surface area contributed by atoms with Crippen LogP contribution in [0.2, 0.25) is 0 Å². The molecule has 5 nitrogen and oxygen atoms in total. The molecule has 0 radical (unpaired) electrons. The lowest BCUT2D eigenvalue weighted by atomic mass is 10.1. The smallest absolute Gasteiger partial charge is 0.147 e. The SMILES string of the molecule is CC(=NO)c1ccc(C)cc1OCCCS(C)(=O)=O. The molecule has 106 valence electrons. The van der Waals surface area contributed by atoms with Gasteiger partial charge in [-0.3, -0.25) is 0 Å². The van der Waals surface area contributed by atoms with E-state index in [4.69, 9.17) is 9.94 Å². The van der Waals surface area contributed by atoms with Crippen molar-refractivity contribution in [3.8, 4) is 5.75 Å². The van der Waals surface area contributed by atoms with E-state index >= 15 is 0 Å². The van der Waals surface area contributed by atoms with Gasteiger partial charge in [-0.1, -0.05) is 11.2 Å². The second-order valence-electron chi connectivity index (χ2n) is 4.52. The van der Waals surface area contributed by atoms with Crippen LogP contribution in [0.5, 0.6) is 5.75 Å². The Morgan fingerprint density at radius 2 is 2.11 bits per heavy atom. The number of nitrogens with zero attached hydrogens (tertiary/aromatic N) is 1. The summed E-state index contributed by atoms with van der Waals surface area (Å²) in [4.78, 5) is 0. The number of aryl methyl sites for hydroxylation is 1. The first-order valence-corrected chi connectivity index (χ1v) is 8.00. The van der Waals surface area contributed by atoms with Crippen molar-refractivity contribution >= 4 is 15.5 Å². The predicted octanol–water partition coefficient (Wildman–Crippen LogP) is 2.01. The fourth-order valence-electron chi connectivity index (χ4n) is 1.60. The van der Waals surface area contributed by atoms with E-state index in [0.29, 0.717) is 30.1 Å². The summed E-state index contributed by atoms with van der Waals surface area (Å²) in [6.07, 6.45) is 1.63. The summed E-state index contributed by atoms with van der Waals surface area (Å²) in [5, 5.41) is 12.0. The van der Waals surface area contributed by atoms with E-state index in [-0.39, 0.29) is 5.75 Å². The summed E-state index contributed by atoms with van der Waals surface area (Å²) >= 11 is 0. The average Bonchev–Trinajstić information content (AvgIpc) is 2.33. The maximum Gasteiger partial charge on any atom is 0.147 e. The van der Waals surface area contributed by atoms with E-state index in [9.17, 15) is 8.42 Å². The van der Waals surface area contributed by atoms with E-state index in [2.05, 4.69) is 5.16 Å². The molecule has 19 heavy (non-hydrogen) atoms. The number of rotatable bonds is 6. The lowest BCUT2D eigenvalue weighted by molar-refractivity contribution is 0.312. The summed E-state index contributed by atoms with van der Waals surface area (Å²) in [5.74, 6) is 0.699. The molecule has 1 aromatic rings. The maximum atomic E-state index is 11.0. The number of benzene rings is 1. The Balaban J connectivity index is 2.74. The predicted molar refractivity (Wildman–Crippen MR) is 75.0 cm³/mol. The van der Waals surface area contributed by atoms with Gasteiger partial charge in [-0.05, 0) is 38.0 Å². The van der Waals surface area contributed by atoms with E-state index in [0.717, 1.165) is 5.56 Å². The second-order valence-corrected chi connectivity index (χ2v) is 6.78. The van der Waals surface area contributed by atoms with Crippen molar-refractivity contribution in [1.29, 1.82) is 0 Å². The highest BCUT2D eigenvalue weighted by molar-refractivity contribution is 7.90. The molecule has 6 heteroatoms. The van der Waals surface area contributed by atoms with Crippen molar-refractivity contribution < 1.29 is 18.4 Å². The van der Waals surface area contributed by atoms with Crippen molar-refractivity contribution in [3.63, 3.8) is 0 Å².